The molecular formula is C16H12F4N4O2S. The first kappa shape index (κ1) is 18.8. The number of rotatable bonds is 5. The number of ether oxygens (including phenoxy) is 1. The minimum atomic E-state index is -4.77. The van der Waals surface area contributed by atoms with Gasteiger partial charge >= 0.3 is 6.36 Å². The predicted octanol–water partition coefficient (Wildman–Crippen LogP) is 4.35. The van der Waals surface area contributed by atoms with Gasteiger partial charge in [0.25, 0.3) is 5.91 Å². The molecule has 0 spiro atoms. The van der Waals surface area contributed by atoms with Crippen LogP contribution in [0.1, 0.15) is 10.4 Å². The Morgan fingerprint density at radius 3 is 2.56 bits per heavy atom. The van der Waals surface area contributed by atoms with Gasteiger partial charge in [-0.15, -0.1) is 13.2 Å². The molecule has 11 heteroatoms. The molecule has 1 aromatic heterocycles. The van der Waals surface area contributed by atoms with Gasteiger partial charge in [0.15, 0.2) is 0 Å². The van der Waals surface area contributed by atoms with Crippen molar-refractivity contribution in [2.24, 2.45) is 0 Å². The van der Waals surface area contributed by atoms with Crippen LogP contribution in [0.15, 0.2) is 36.4 Å². The van der Waals surface area contributed by atoms with Gasteiger partial charge in [0.1, 0.15) is 11.6 Å². The number of hydrogen-bond acceptors (Lipinski definition) is 5. The molecule has 0 aliphatic rings. The lowest BCUT2D eigenvalue weighted by atomic mass is 10.2. The lowest BCUT2D eigenvalue weighted by Crippen LogP contribution is -2.16. The fourth-order valence-corrected chi connectivity index (χ4v) is 2.58. The highest BCUT2D eigenvalue weighted by Gasteiger charge is 2.30. The molecule has 3 aromatic rings. The van der Waals surface area contributed by atoms with Crippen LogP contribution in [0, 0.1) is 5.82 Å². The van der Waals surface area contributed by atoms with Crippen LogP contribution >= 0.6 is 11.9 Å². The van der Waals surface area contributed by atoms with E-state index >= 15 is 0 Å². The standard InChI is InChI=1S/C16H12F4N4O2S/c1-27-24-14(25)10-6-12-13(7-11(10)17)23-15(22-12)21-8-2-4-9(5-3-8)26-16(18,19)20/h2-7H,1H3,(H,24,25)(H2,21,22,23). The van der Waals surface area contributed by atoms with Crippen LogP contribution in [0.25, 0.3) is 11.0 Å². The largest absolute Gasteiger partial charge is 0.573 e. The Hall–Kier alpha value is -2.95. The molecule has 0 unspecified atom stereocenters. The number of benzene rings is 2. The Labute approximate surface area is 154 Å². The number of imidazole rings is 1. The summed E-state index contributed by atoms with van der Waals surface area (Å²) in [6, 6.07) is 7.46. The van der Waals surface area contributed by atoms with Crippen molar-refractivity contribution in [2.45, 2.75) is 6.36 Å². The summed E-state index contributed by atoms with van der Waals surface area (Å²) in [7, 11) is 0. The van der Waals surface area contributed by atoms with Gasteiger partial charge in [-0.1, -0.05) is 11.9 Å². The van der Waals surface area contributed by atoms with E-state index in [0.717, 1.165) is 30.1 Å². The predicted molar refractivity (Wildman–Crippen MR) is 93.4 cm³/mol. The Morgan fingerprint density at radius 2 is 1.93 bits per heavy atom. The molecule has 6 nitrogen and oxygen atoms in total. The molecule has 27 heavy (non-hydrogen) atoms. The normalized spacial score (nSPS) is 11.4. The number of anilines is 2. The fourth-order valence-electron chi connectivity index (χ4n) is 2.29. The maximum atomic E-state index is 14.1. The second-order valence-corrected chi connectivity index (χ2v) is 5.88. The van der Waals surface area contributed by atoms with Crippen molar-refractivity contribution in [1.29, 1.82) is 0 Å². The van der Waals surface area contributed by atoms with Crippen LogP contribution in [0.4, 0.5) is 29.2 Å². The smallest absolute Gasteiger partial charge is 0.406 e. The van der Waals surface area contributed by atoms with E-state index in [1.807, 2.05) is 0 Å². The number of aromatic amines is 1. The van der Waals surface area contributed by atoms with E-state index in [-0.39, 0.29) is 17.3 Å². The van der Waals surface area contributed by atoms with E-state index in [4.69, 9.17) is 0 Å². The van der Waals surface area contributed by atoms with E-state index in [0.29, 0.717) is 16.7 Å². The summed E-state index contributed by atoms with van der Waals surface area (Å²) >= 11 is 1.04. The molecule has 0 fully saturated rings. The van der Waals surface area contributed by atoms with Gasteiger partial charge in [0.2, 0.25) is 5.95 Å². The van der Waals surface area contributed by atoms with Gasteiger partial charge in [-0.2, -0.15) is 0 Å². The van der Waals surface area contributed by atoms with E-state index in [1.54, 1.807) is 6.26 Å². The zero-order chi connectivity index (χ0) is 19.6. The highest BCUT2D eigenvalue weighted by Crippen LogP contribution is 2.26. The molecule has 2 aromatic carbocycles. The quantitative estimate of drug-likeness (QED) is 0.438. The summed E-state index contributed by atoms with van der Waals surface area (Å²) in [4.78, 5) is 18.8. The Kier molecular flexibility index (Phi) is 5.13. The van der Waals surface area contributed by atoms with Crippen molar-refractivity contribution in [3.63, 3.8) is 0 Å². The first-order valence-corrected chi connectivity index (χ1v) is 8.63. The van der Waals surface area contributed by atoms with Gasteiger partial charge in [0, 0.05) is 18.0 Å². The van der Waals surface area contributed by atoms with Crippen LogP contribution < -0.4 is 14.8 Å². The molecule has 1 amide bonds. The second kappa shape index (κ2) is 7.35. The number of aromatic nitrogens is 2. The molecule has 0 saturated carbocycles. The molecule has 142 valence electrons. The number of H-pyrrole nitrogens is 1. The Balaban J connectivity index is 1.80. The van der Waals surface area contributed by atoms with Crippen molar-refractivity contribution in [3.05, 3.63) is 47.8 Å². The fraction of sp³-hybridized carbons (Fsp3) is 0.125. The lowest BCUT2D eigenvalue weighted by Gasteiger charge is -2.09. The van der Waals surface area contributed by atoms with Crippen molar-refractivity contribution in [2.75, 3.05) is 11.6 Å². The number of carbonyl (C=O) groups is 1. The van der Waals surface area contributed by atoms with E-state index in [2.05, 4.69) is 24.7 Å². The minimum absolute atomic E-state index is 0.149. The van der Waals surface area contributed by atoms with Gasteiger partial charge < -0.3 is 15.0 Å². The number of alkyl halides is 3. The molecule has 0 atom stereocenters. The maximum Gasteiger partial charge on any atom is 0.573 e. The molecule has 3 N–H and O–H groups in total. The Bertz CT molecular complexity index is 973. The van der Waals surface area contributed by atoms with E-state index in [9.17, 15) is 22.4 Å². The summed E-state index contributed by atoms with van der Waals surface area (Å²) in [6.45, 7) is 0. The second-order valence-electron chi connectivity index (χ2n) is 5.27. The Morgan fingerprint density at radius 1 is 1.22 bits per heavy atom. The third-order valence-corrected chi connectivity index (χ3v) is 3.75. The highest BCUT2D eigenvalue weighted by atomic mass is 32.2. The first-order valence-electron chi connectivity index (χ1n) is 7.40. The summed E-state index contributed by atoms with van der Waals surface area (Å²) in [5.74, 6) is -1.42. The van der Waals surface area contributed by atoms with Crippen molar-refractivity contribution < 1.29 is 27.1 Å². The summed E-state index contributed by atoms with van der Waals surface area (Å²) < 4.78 is 56.8. The molecule has 1 heterocycles. The third-order valence-electron chi connectivity index (χ3n) is 3.36. The summed E-state index contributed by atoms with van der Waals surface area (Å²) in [5.41, 5.74) is 0.989. The number of nitrogens with zero attached hydrogens (tertiary/aromatic N) is 1. The first-order chi connectivity index (χ1) is 12.7. The number of halogens is 4. The molecule has 3 rings (SSSR count). The van der Waals surface area contributed by atoms with Crippen LogP contribution in [0.2, 0.25) is 0 Å². The molecule has 0 aliphatic carbocycles. The average Bonchev–Trinajstić information content (AvgIpc) is 2.96. The number of hydrogen-bond donors (Lipinski definition) is 3. The van der Waals surface area contributed by atoms with Crippen LogP contribution in [0.5, 0.6) is 5.75 Å². The van der Waals surface area contributed by atoms with Crippen LogP contribution in [0.3, 0.4) is 0 Å². The van der Waals surface area contributed by atoms with Gasteiger partial charge in [-0.25, -0.2) is 9.37 Å². The van der Waals surface area contributed by atoms with Gasteiger partial charge in [0.05, 0.1) is 16.6 Å². The van der Waals surface area contributed by atoms with Crippen molar-refractivity contribution in [1.82, 2.24) is 14.7 Å². The highest BCUT2D eigenvalue weighted by molar-refractivity contribution is 7.97. The van der Waals surface area contributed by atoms with E-state index in [1.165, 1.54) is 18.2 Å². The van der Waals surface area contributed by atoms with Crippen molar-refractivity contribution in [3.8, 4) is 5.75 Å². The average molecular weight is 400 g/mol. The lowest BCUT2D eigenvalue weighted by molar-refractivity contribution is -0.274. The molecular weight excluding hydrogens is 388 g/mol. The van der Waals surface area contributed by atoms with E-state index < -0.39 is 18.1 Å². The van der Waals surface area contributed by atoms with Crippen LogP contribution in [-0.4, -0.2) is 28.5 Å². The maximum absolute atomic E-state index is 14.1. The third kappa shape index (κ3) is 4.61. The SMILES string of the molecule is CSNC(=O)c1cc2nc(Nc3ccc(OC(F)(F)F)cc3)[nH]c2cc1F. The number of nitrogens with one attached hydrogen (secondary N) is 3. The minimum Gasteiger partial charge on any atom is -0.406 e. The zero-order valence-corrected chi connectivity index (χ0v) is 14.5. The molecule has 0 saturated heterocycles. The zero-order valence-electron chi connectivity index (χ0n) is 13.6. The monoisotopic (exact) mass is 400 g/mol. The molecule has 0 bridgehead atoms. The molecule has 0 radical (unpaired) electrons. The summed E-state index contributed by atoms with van der Waals surface area (Å²) in [5, 5.41) is 2.85. The van der Waals surface area contributed by atoms with Crippen LogP contribution in [-0.2, 0) is 0 Å². The number of carbonyl (C=O) groups excluding carboxylic acids is 1. The topological polar surface area (TPSA) is 79.0 Å². The summed E-state index contributed by atoms with van der Waals surface area (Å²) in [6.07, 6.45) is -3.13. The number of amides is 1. The number of fused-ring (bicyclic) bond motifs is 1. The molecule has 0 aliphatic heterocycles. The van der Waals surface area contributed by atoms with Crippen molar-refractivity contribution >= 4 is 40.5 Å². The van der Waals surface area contributed by atoms with Gasteiger partial charge in [-0.05, 0) is 30.3 Å². The van der Waals surface area contributed by atoms with Gasteiger partial charge in [-0.3, -0.25) is 9.52 Å².